The number of aromatic nitrogens is 2. The maximum absolute atomic E-state index is 12.6. The molecule has 3 aromatic rings. The second-order valence-electron chi connectivity index (χ2n) is 6.30. The summed E-state index contributed by atoms with van der Waals surface area (Å²) in [6, 6.07) is 20.0. The van der Waals surface area contributed by atoms with Gasteiger partial charge >= 0.3 is 0 Å². The number of hydrogen-bond acceptors (Lipinski definition) is 3. The summed E-state index contributed by atoms with van der Waals surface area (Å²) in [6.45, 7) is 1.64. The average Bonchev–Trinajstić information content (AvgIpc) is 2.66. The first-order valence-corrected chi connectivity index (χ1v) is 9.03. The van der Waals surface area contributed by atoms with Crippen LogP contribution in [0.15, 0.2) is 71.5 Å². The van der Waals surface area contributed by atoms with Crippen LogP contribution in [0.5, 0.6) is 0 Å². The van der Waals surface area contributed by atoms with E-state index in [9.17, 15) is 9.59 Å². The molecule has 1 unspecified atom stereocenters. The van der Waals surface area contributed by atoms with Crippen LogP contribution in [-0.4, -0.2) is 15.7 Å². The van der Waals surface area contributed by atoms with Crippen molar-refractivity contribution in [3.63, 3.8) is 0 Å². The molecule has 1 heterocycles. The first-order valence-electron chi connectivity index (χ1n) is 8.65. The Balaban J connectivity index is 1.81. The third kappa shape index (κ3) is 5.05. The van der Waals surface area contributed by atoms with Crippen molar-refractivity contribution < 1.29 is 4.79 Å². The number of nitrogens with zero attached hydrogens (tertiary/aromatic N) is 2. The Bertz CT molecular complexity index is 986. The van der Waals surface area contributed by atoms with Gasteiger partial charge in [-0.2, -0.15) is 5.10 Å². The zero-order valence-electron chi connectivity index (χ0n) is 14.9. The quantitative estimate of drug-likeness (QED) is 0.712. The first kappa shape index (κ1) is 18.9. The largest absolute Gasteiger partial charge is 0.347 e. The van der Waals surface area contributed by atoms with Crippen molar-refractivity contribution in [3.8, 4) is 0 Å². The number of amides is 1. The summed E-state index contributed by atoms with van der Waals surface area (Å²) in [5.74, 6) is -0.281. The highest BCUT2D eigenvalue weighted by atomic mass is 35.5. The lowest BCUT2D eigenvalue weighted by Gasteiger charge is -2.20. The van der Waals surface area contributed by atoms with Crippen molar-refractivity contribution in [2.24, 2.45) is 0 Å². The highest BCUT2D eigenvalue weighted by Gasteiger charge is 2.17. The topological polar surface area (TPSA) is 64.0 Å². The van der Waals surface area contributed by atoms with Crippen molar-refractivity contribution in [1.29, 1.82) is 0 Å². The van der Waals surface area contributed by atoms with Gasteiger partial charge in [-0.25, -0.2) is 4.68 Å². The van der Waals surface area contributed by atoms with Crippen LogP contribution in [0, 0.1) is 6.92 Å². The molecule has 2 aromatic carbocycles. The van der Waals surface area contributed by atoms with Crippen LogP contribution in [0.1, 0.15) is 22.9 Å². The summed E-state index contributed by atoms with van der Waals surface area (Å²) in [6.07, 6.45) is 0.547. The van der Waals surface area contributed by atoms with E-state index in [0.717, 1.165) is 11.1 Å². The van der Waals surface area contributed by atoms with E-state index in [1.54, 1.807) is 13.0 Å². The van der Waals surface area contributed by atoms with E-state index in [4.69, 9.17) is 11.6 Å². The zero-order valence-corrected chi connectivity index (χ0v) is 15.7. The molecule has 6 heteroatoms. The van der Waals surface area contributed by atoms with Gasteiger partial charge in [0.1, 0.15) is 6.54 Å². The molecule has 1 atom stereocenters. The van der Waals surface area contributed by atoms with E-state index in [-0.39, 0.29) is 24.1 Å². The van der Waals surface area contributed by atoms with Gasteiger partial charge in [-0.05, 0) is 36.6 Å². The molecule has 0 spiro atoms. The molecule has 1 N–H and O–H groups in total. The van der Waals surface area contributed by atoms with Crippen LogP contribution >= 0.6 is 11.6 Å². The predicted octanol–water partition coefficient (Wildman–Crippen LogP) is 3.31. The average molecular weight is 382 g/mol. The number of nitrogens with one attached hydrogen (secondary N) is 1. The minimum Gasteiger partial charge on any atom is -0.347 e. The molecule has 0 aliphatic carbocycles. The molecule has 0 saturated carbocycles. The molecule has 1 aromatic heterocycles. The lowest BCUT2D eigenvalue weighted by atomic mass is 9.98. The maximum Gasteiger partial charge on any atom is 0.267 e. The molecule has 5 nitrogen and oxygen atoms in total. The van der Waals surface area contributed by atoms with Crippen molar-refractivity contribution >= 4 is 17.5 Å². The normalized spacial score (nSPS) is 11.8. The standard InChI is InChI=1S/C21H20ClN3O2/c1-15-11-12-21(27)25(24-15)14-20(26)23-19(16-7-3-2-4-8-16)13-17-9-5-6-10-18(17)22/h2-12,19H,13-14H2,1H3,(H,23,26). The van der Waals surface area contributed by atoms with Crippen molar-refractivity contribution in [2.75, 3.05) is 0 Å². The van der Waals surface area contributed by atoms with Gasteiger partial charge < -0.3 is 5.32 Å². The molecular weight excluding hydrogens is 362 g/mol. The number of hydrogen-bond donors (Lipinski definition) is 1. The smallest absolute Gasteiger partial charge is 0.267 e. The van der Waals surface area contributed by atoms with E-state index in [0.29, 0.717) is 17.1 Å². The number of rotatable bonds is 6. The van der Waals surface area contributed by atoms with E-state index in [1.807, 2.05) is 54.6 Å². The summed E-state index contributed by atoms with van der Waals surface area (Å²) in [5, 5.41) is 7.78. The Morgan fingerprint density at radius 1 is 1.07 bits per heavy atom. The molecule has 1 amide bonds. The number of aryl methyl sites for hydroxylation is 1. The van der Waals surface area contributed by atoms with Gasteiger partial charge in [-0.1, -0.05) is 60.1 Å². The van der Waals surface area contributed by atoms with Crippen LogP contribution in [0.3, 0.4) is 0 Å². The monoisotopic (exact) mass is 381 g/mol. The van der Waals surface area contributed by atoms with E-state index in [1.165, 1.54) is 10.7 Å². The van der Waals surface area contributed by atoms with Gasteiger partial charge in [-0.3, -0.25) is 9.59 Å². The van der Waals surface area contributed by atoms with Crippen LogP contribution in [0.4, 0.5) is 0 Å². The van der Waals surface area contributed by atoms with Crippen molar-refractivity contribution in [1.82, 2.24) is 15.1 Å². The van der Waals surface area contributed by atoms with Crippen molar-refractivity contribution in [3.05, 3.63) is 98.9 Å². The lowest BCUT2D eigenvalue weighted by Crippen LogP contribution is -2.36. The Labute approximate surface area is 162 Å². The van der Waals surface area contributed by atoms with Gasteiger partial charge in [0, 0.05) is 11.1 Å². The van der Waals surface area contributed by atoms with Gasteiger partial charge in [-0.15, -0.1) is 0 Å². The van der Waals surface area contributed by atoms with Crippen LogP contribution < -0.4 is 10.9 Å². The molecule has 0 fully saturated rings. The fraction of sp³-hybridized carbons (Fsp3) is 0.190. The van der Waals surface area contributed by atoms with Gasteiger partial charge in [0.15, 0.2) is 0 Å². The Hall–Kier alpha value is -2.92. The molecule has 0 aliphatic heterocycles. The summed E-state index contributed by atoms with van der Waals surface area (Å²) in [4.78, 5) is 24.5. The number of benzene rings is 2. The second-order valence-corrected chi connectivity index (χ2v) is 6.70. The fourth-order valence-electron chi connectivity index (χ4n) is 2.86. The van der Waals surface area contributed by atoms with Crippen LogP contribution in [-0.2, 0) is 17.8 Å². The maximum atomic E-state index is 12.6. The van der Waals surface area contributed by atoms with E-state index >= 15 is 0 Å². The van der Waals surface area contributed by atoms with E-state index in [2.05, 4.69) is 10.4 Å². The molecule has 0 saturated heterocycles. The SMILES string of the molecule is Cc1ccc(=O)n(CC(=O)NC(Cc2ccccc2Cl)c2ccccc2)n1. The number of carbonyl (C=O) groups is 1. The first-order chi connectivity index (χ1) is 13.0. The Kier molecular flexibility index (Phi) is 6.04. The van der Waals surface area contributed by atoms with Gasteiger partial charge in [0.25, 0.3) is 5.56 Å². The summed E-state index contributed by atoms with van der Waals surface area (Å²) in [7, 11) is 0. The second kappa shape index (κ2) is 8.64. The van der Waals surface area contributed by atoms with Crippen LogP contribution in [0.2, 0.25) is 5.02 Å². The molecule has 138 valence electrons. The molecule has 27 heavy (non-hydrogen) atoms. The molecular formula is C21H20ClN3O2. The third-order valence-corrected chi connectivity index (χ3v) is 4.58. The van der Waals surface area contributed by atoms with Crippen molar-refractivity contribution in [2.45, 2.75) is 25.9 Å². The van der Waals surface area contributed by atoms with E-state index < -0.39 is 0 Å². The molecule has 3 rings (SSSR count). The highest BCUT2D eigenvalue weighted by molar-refractivity contribution is 6.31. The Morgan fingerprint density at radius 3 is 2.52 bits per heavy atom. The molecule has 0 radical (unpaired) electrons. The van der Waals surface area contributed by atoms with Gasteiger partial charge in [0.2, 0.25) is 5.91 Å². The zero-order chi connectivity index (χ0) is 19.2. The molecule has 0 bridgehead atoms. The third-order valence-electron chi connectivity index (χ3n) is 4.21. The Morgan fingerprint density at radius 2 is 1.78 bits per heavy atom. The lowest BCUT2D eigenvalue weighted by molar-refractivity contribution is -0.122. The minimum absolute atomic E-state index is 0.133. The summed E-state index contributed by atoms with van der Waals surface area (Å²) < 4.78 is 1.17. The molecule has 0 aliphatic rings. The fourth-order valence-corrected chi connectivity index (χ4v) is 3.07. The van der Waals surface area contributed by atoms with Gasteiger partial charge in [0.05, 0.1) is 11.7 Å². The number of carbonyl (C=O) groups excluding carboxylic acids is 1. The highest BCUT2D eigenvalue weighted by Crippen LogP contribution is 2.23. The summed E-state index contributed by atoms with van der Waals surface area (Å²) >= 11 is 6.29. The van der Waals surface area contributed by atoms with Crippen LogP contribution in [0.25, 0.3) is 0 Å². The minimum atomic E-state index is -0.307. The summed E-state index contributed by atoms with van der Waals surface area (Å²) in [5.41, 5.74) is 2.28. The predicted molar refractivity (Wildman–Crippen MR) is 106 cm³/mol. The number of halogens is 1.